The lowest BCUT2D eigenvalue weighted by Crippen LogP contribution is -2.54. The standard InChI is InChI=1S/C27H32N4O2/c28-23(18-20-10-3-1-4-11-20)27(33)31-17-9-15-25(31)26(32)30-24(21-12-5-2-6-13-21)19-22-14-7-8-16-29-22/h1-8,10-14,16,23-26,30,32H,9,15,17-19,28H2/t23-,24-,25-,26?/m0/s1. The molecule has 1 fully saturated rings. The quantitative estimate of drug-likeness (QED) is 0.442. The van der Waals surface area contributed by atoms with Crippen molar-refractivity contribution in [3.63, 3.8) is 0 Å². The SMILES string of the molecule is N[C@@H](Cc1ccccc1)C(=O)N1CCC[C@H]1C(O)N[C@@H](Cc1ccccn1)c1ccccc1. The molecule has 0 radical (unpaired) electrons. The smallest absolute Gasteiger partial charge is 0.240 e. The molecule has 1 aromatic heterocycles. The lowest BCUT2D eigenvalue weighted by Gasteiger charge is -2.33. The van der Waals surface area contributed by atoms with Crippen LogP contribution >= 0.6 is 0 Å². The number of carbonyl (C=O) groups excluding carboxylic acids is 1. The first-order valence-electron chi connectivity index (χ1n) is 11.6. The molecule has 0 aliphatic carbocycles. The largest absolute Gasteiger partial charge is 0.376 e. The molecule has 3 aromatic rings. The second-order valence-electron chi connectivity index (χ2n) is 8.64. The zero-order valence-electron chi connectivity index (χ0n) is 18.8. The molecule has 1 aliphatic heterocycles. The zero-order valence-corrected chi connectivity index (χ0v) is 18.8. The minimum absolute atomic E-state index is 0.108. The fourth-order valence-corrected chi connectivity index (χ4v) is 4.57. The van der Waals surface area contributed by atoms with Crippen molar-refractivity contribution < 1.29 is 9.90 Å². The van der Waals surface area contributed by atoms with Crippen LogP contribution in [0.4, 0.5) is 0 Å². The molecule has 4 rings (SSSR count). The number of carbonyl (C=O) groups is 1. The van der Waals surface area contributed by atoms with Gasteiger partial charge in [-0.15, -0.1) is 0 Å². The Labute approximate surface area is 195 Å². The summed E-state index contributed by atoms with van der Waals surface area (Å²) in [7, 11) is 0. The van der Waals surface area contributed by atoms with Crippen LogP contribution in [0, 0.1) is 0 Å². The van der Waals surface area contributed by atoms with Crippen LogP contribution < -0.4 is 11.1 Å². The number of nitrogens with one attached hydrogen (secondary N) is 1. The highest BCUT2D eigenvalue weighted by Crippen LogP contribution is 2.24. The first-order chi connectivity index (χ1) is 16.1. The third-order valence-corrected chi connectivity index (χ3v) is 6.28. The number of hydrogen-bond acceptors (Lipinski definition) is 5. The van der Waals surface area contributed by atoms with E-state index in [4.69, 9.17) is 5.73 Å². The van der Waals surface area contributed by atoms with Crippen LogP contribution in [0.1, 0.15) is 35.7 Å². The zero-order chi connectivity index (χ0) is 23.0. The minimum atomic E-state index is -0.866. The van der Waals surface area contributed by atoms with Crippen LogP contribution in [0.5, 0.6) is 0 Å². The van der Waals surface area contributed by atoms with Crippen LogP contribution in [0.15, 0.2) is 85.1 Å². The normalized spacial score (nSPS) is 18.6. The van der Waals surface area contributed by atoms with Gasteiger partial charge in [0, 0.05) is 30.9 Å². The summed E-state index contributed by atoms with van der Waals surface area (Å²) in [4.78, 5) is 19.4. The van der Waals surface area contributed by atoms with Crippen molar-refractivity contribution in [2.24, 2.45) is 5.73 Å². The maximum atomic E-state index is 13.2. The van der Waals surface area contributed by atoms with E-state index in [0.29, 0.717) is 19.4 Å². The van der Waals surface area contributed by atoms with E-state index in [1.54, 1.807) is 11.1 Å². The fraction of sp³-hybridized carbons (Fsp3) is 0.333. The number of aliphatic hydroxyl groups is 1. The molecule has 2 heterocycles. The Bertz CT molecular complexity index is 1000. The average Bonchev–Trinajstić information content (AvgIpc) is 3.35. The number of aliphatic hydroxyl groups excluding tert-OH is 1. The minimum Gasteiger partial charge on any atom is -0.376 e. The average molecular weight is 445 g/mol. The lowest BCUT2D eigenvalue weighted by molar-refractivity contribution is -0.136. The van der Waals surface area contributed by atoms with Gasteiger partial charge in [-0.25, -0.2) is 0 Å². The number of aromatic nitrogens is 1. The van der Waals surface area contributed by atoms with Crippen molar-refractivity contribution in [2.45, 2.75) is 50.0 Å². The molecule has 0 bridgehead atoms. The van der Waals surface area contributed by atoms with Gasteiger partial charge < -0.3 is 15.7 Å². The molecule has 4 N–H and O–H groups in total. The molecule has 6 nitrogen and oxygen atoms in total. The molecule has 1 amide bonds. The number of rotatable bonds is 9. The van der Waals surface area contributed by atoms with Crippen molar-refractivity contribution >= 4 is 5.91 Å². The van der Waals surface area contributed by atoms with Crippen molar-refractivity contribution in [1.29, 1.82) is 0 Å². The highest BCUT2D eigenvalue weighted by Gasteiger charge is 2.36. The van der Waals surface area contributed by atoms with E-state index in [-0.39, 0.29) is 18.0 Å². The van der Waals surface area contributed by atoms with Crippen molar-refractivity contribution in [2.75, 3.05) is 6.54 Å². The Balaban J connectivity index is 1.45. The molecule has 1 aliphatic rings. The summed E-state index contributed by atoms with van der Waals surface area (Å²) in [6, 6.07) is 24.6. The van der Waals surface area contributed by atoms with Crippen LogP contribution in [0.25, 0.3) is 0 Å². The Kier molecular flexibility index (Phi) is 7.83. The van der Waals surface area contributed by atoms with Crippen LogP contribution in [-0.2, 0) is 17.6 Å². The van der Waals surface area contributed by atoms with Crippen molar-refractivity contribution in [1.82, 2.24) is 15.2 Å². The monoisotopic (exact) mass is 444 g/mol. The molecule has 4 atom stereocenters. The first kappa shape index (κ1) is 23.1. The van der Waals surface area contributed by atoms with Gasteiger partial charge >= 0.3 is 0 Å². The summed E-state index contributed by atoms with van der Waals surface area (Å²) in [5.74, 6) is -0.108. The summed E-state index contributed by atoms with van der Waals surface area (Å²) in [5, 5.41) is 14.6. The third kappa shape index (κ3) is 6.05. The lowest BCUT2D eigenvalue weighted by atomic mass is 10.0. The molecule has 172 valence electrons. The van der Waals surface area contributed by atoms with Gasteiger partial charge in [0.05, 0.1) is 12.1 Å². The van der Waals surface area contributed by atoms with Crippen LogP contribution in [0.3, 0.4) is 0 Å². The topological polar surface area (TPSA) is 91.5 Å². The van der Waals surface area contributed by atoms with Gasteiger partial charge in [-0.3, -0.25) is 15.1 Å². The van der Waals surface area contributed by atoms with E-state index in [9.17, 15) is 9.90 Å². The van der Waals surface area contributed by atoms with Crippen LogP contribution in [-0.4, -0.2) is 45.8 Å². The highest BCUT2D eigenvalue weighted by atomic mass is 16.3. The number of nitrogens with two attached hydrogens (primary N) is 1. The van der Waals surface area contributed by atoms with Gasteiger partial charge in [0.2, 0.25) is 5.91 Å². The van der Waals surface area contributed by atoms with E-state index < -0.39 is 12.3 Å². The predicted octanol–water partition coefficient (Wildman–Crippen LogP) is 2.83. The number of benzene rings is 2. The van der Waals surface area contributed by atoms with Gasteiger partial charge in [-0.2, -0.15) is 0 Å². The van der Waals surface area contributed by atoms with E-state index in [2.05, 4.69) is 10.3 Å². The van der Waals surface area contributed by atoms with Gasteiger partial charge in [-0.05, 0) is 42.5 Å². The maximum absolute atomic E-state index is 13.2. The predicted molar refractivity (Wildman–Crippen MR) is 129 cm³/mol. The van der Waals surface area contributed by atoms with Crippen LogP contribution in [0.2, 0.25) is 0 Å². The molecule has 1 unspecified atom stereocenters. The fourth-order valence-electron chi connectivity index (χ4n) is 4.57. The molecule has 1 saturated heterocycles. The molecule has 2 aromatic carbocycles. The number of amides is 1. The summed E-state index contributed by atoms with van der Waals surface area (Å²) in [6.45, 7) is 0.612. The van der Waals surface area contributed by atoms with Crippen molar-refractivity contribution in [3.8, 4) is 0 Å². The van der Waals surface area contributed by atoms with Crippen molar-refractivity contribution in [3.05, 3.63) is 102 Å². The first-order valence-corrected chi connectivity index (χ1v) is 11.6. The van der Waals surface area contributed by atoms with E-state index in [1.807, 2.05) is 78.9 Å². The molecule has 33 heavy (non-hydrogen) atoms. The number of pyridine rings is 1. The summed E-state index contributed by atoms with van der Waals surface area (Å²) in [6.07, 6.45) is 3.62. The Morgan fingerprint density at radius 2 is 1.73 bits per heavy atom. The molecular weight excluding hydrogens is 412 g/mol. The van der Waals surface area contributed by atoms with E-state index >= 15 is 0 Å². The highest BCUT2D eigenvalue weighted by molar-refractivity contribution is 5.82. The summed E-state index contributed by atoms with van der Waals surface area (Å²) >= 11 is 0. The molecular formula is C27H32N4O2. The molecule has 6 heteroatoms. The second kappa shape index (κ2) is 11.2. The Hall–Kier alpha value is -3.06. The Morgan fingerprint density at radius 3 is 2.42 bits per heavy atom. The number of hydrogen-bond donors (Lipinski definition) is 3. The van der Waals surface area contributed by atoms with E-state index in [0.717, 1.165) is 29.7 Å². The Morgan fingerprint density at radius 1 is 1.03 bits per heavy atom. The maximum Gasteiger partial charge on any atom is 0.240 e. The van der Waals surface area contributed by atoms with Gasteiger partial charge in [0.15, 0.2) is 0 Å². The summed E-state index contributed by atoms with van der Waals surface area (Å²) in [5.41, 5.74) is 9.33. The molecule has 0 saturated carbocycles. The number of likely N-dealkylation sites (tertiary alicyclic amines) is 1. The van der Waals surface area contributed by atoms with Gasteiger partial charge in [-0.1, -0.05) is 66.7 Å². The molecule has 0 spiro atoms. The third-order valence-electron chi connectivity index (χ3n) is 6.28. The summed E-state index contributed by atoms with van der Waals surface area (Å²) < 4.78 is 0. The van der Waals surface area contributed by atoms with Gasteiger partial charge in [0.25, 0.3) is 0 Å². The van der Waals surface area contributed by atoms with Gasteiger partial charge in [0.1, 0.15) is 6.23 Å². The number of nitrogens with zero attached hydrogens (tertiary/aromatic N) is 2. The second-order valence-corrected chi connectivity index (χ2v) is 8.64. The van der Waals surface area contributed by atoms with E-state index in [1.165, 1.54) is 0 Å².